The summed E-state index contributed by atoms with van der Waals surface area (Å²) in [5.74, 6) is 0.0807. The highest BCUT2D eigenvalue weighted by molar-refractivity contribution is 7.83. The van der Waals surface area contributed by atoms with Gasteiger partial charge < -0.3 is 0 Å². The maximum absolute atomic E-state index is 11.2. The van der Waals surface area contributed by atoms with Gasteiger partial charge in [-0.2, -0.15) is 0 Å². The molecular formula is C14H12OS2. The number of carbonyl (C=O) groups is 1. The first-order valence-electron chi connectivity index (χ1n) is 5.21. The van der Waals surface area contributed by atoms with Crippen LogP contribution in [0.2, 0.25) is 0 Å². The highest BCUT2D eigenvalue weighted by Crippen LogP contribution is 2.26. The molecule has 0 aliphatic heterocycles. The lowest BCUT2D eigenvalue weighted by atomic mass is 10.0. The number of benzene rings is 2. The Kier molecular flexibility index (Phi) is 3.60. The Bertz CT molecular complexity index is 559. The second kappa shape index (κ2) is 4.98. The lowest BCUT2D eigenvalue weighted by Crippen LogP contribution is -1.90. The van der Waals surface area contributed by atoms with E-state index in [1.165, 1.54) is 0 Å². The van der Waals surface area contributed by atoms with Gasteiger partial charge in [0.05, 0.1) is 0 Å². The molecule has 0 aliphatic rings. The van der Waals surface area contributed by atoms with Gasteiger partial charge in [0, 0.05) is 15.4 Å². The van der Waals surface area contributed by atoms with Crippen molar-refractivity contribution < 1.29 is 4.79 Å². The van der Waals surface area contributed by atoms with E-state index in [1.807, 2.05) is 42.5 Å². The molecule has 0 heterocycles. The van der Waals surface area contributed by atoms with Crippen molar-refractivity contribution in [2.45, 2.75) is 16.7 Å². The van der Waals surface area contributed by atoms with Crippen LogP contribution in [0.5, 0.6) is 0 Å². The Hall–Kier alpha value is -1.19. The molecule has 1 nitrogen and oxygen atoms in total. The first kappa shape index (κ1) is 12.3. The first-order valence-corrected chi connectivity index (χ1v) is 6.11. The van der Waals surface area contributed by atoms with Crippen molar-refractivity contribution >= 4 is 31.0 Å². The van der Waals surface area contributed by atoms with Gasteiger partial charge in [-0.1, -0.05) is 30.3 Å². The van der Waals surface area contributed by atoms with Crippen molar-refractivity contribution in [3.8, 4) is 11.1 Å². The zero-order valence-corrected chi connectivity index (χ0v) is 11.1. The van der Waals surface area contributed by atoms with Crippen LogP contribution in [0, 0.1) is 0 Å². The Labute approximate surface area is 112 Å². The van der Waals surface area contributed by atoms with Crippen molar-refractivity contribution in [2.24, 2.45) is 0 Å². The van der Waals surface area contributed by atoms with E-state index in [-0.39, 0.29) is 5.78 Å². The Morgan fingerprint density at radius 2 is 1.47 bits per heavy atom. The minimum atomic E-state index is 0.0807. The van der Waals surface area contributed by atoms with Crippen LogP contribution in [-0.2, 0) is 0 Å². The molecule has 0 radical (unpaired) electrons. The largest absolute Gasteiger partial charge is 0.295 e. The van der Waals surface area contributed by atoms with Crippen LogP contribution in [0.4, 0.5) is 0 Å². The van der Waals surface area contributed by atoms with Gasteiger partial charge in [-0.3, -0.25) is 4.79 Å². The molecule has 2 aromatic rings. The number of Topliss-reactive ketones (excluding diaryl/α,β-unsaturated/α-hetero) is 1. The minimum Gasteiger partial charge on any atom is -0.295 e. The Morgan fingerprint density at radius 1 is 0.882 bits per heavy atom. The first-order chi connectivity index (χ1) is 8.08. The van der Waals surface area contributed by atoms with E-state index < -0.39 is 0 Å². The zero-order chi connectivity index (χ0) is 12.4. The average molecular weight is 260 g/mol. The lowest BCUT2D eigenvalue weighted by Gasteiger charge is -2.05. The molecule has 0 amide bonds. The molecule has 0 saturated carbocycles. The smallest absolute Gasteiger partial charge is 0.159 e. The normalized spacial score (nSPS) is 10.3. The number of carbonyl (C=O) groups excluding carboxylic acids is 1. The third kappa shape index (κ3) is 2.73. The summed E-state index contributed by atoms with van der Waals surface area (Å²) in [6.07, 6.45) is 0. The van der Waals surface area contributed by atoms with Gasteiger partial charge in [-0.15, -0.1) is 25.3 Å². The molecule has 0 N–H and O–H groups in total. The average Bonchev–Trinajstić information content (AvgIpc) is 2.33. The van der Waals surface area contributed by atoms with Crippen LogP contribution < -0.4 is 0 Å². The van der Waals surface area contributed by atoms with E-state index in [1.54, 1.807) is 6.92 Å². The number of hydrogen-bond donors (Lipinski definition) is 2. The molecule has 0 aliphatic carbocycles. The van der Waals surface area contributed by atoms with Crippen LogP contribution in [0.3, 0.4) is 0 Å². The topological polar surface area (TPSA) is 17.1 Å². The van der Waals surface area contributed by atoms with Gasteiger partial charge in [0.15, 0.2) is 5.78 Å². The molecule has 0 saturated heterocycles. The monoisotopic (exact) mass is 260 g/mol. The van der Waals surface area contributed by atoms with Crippen LogP contribution >= 0.6 is 25.3 Å². The maximum atomic E-state index is 11.2. The quantitative estimate of drug-likeness (QED) is 0.613. The summed E-state index contributed by atoms with van der Waals surface area (Å²) in [6.45, 7) is 1.57. The summed E-state index contributed by atoms with van der Waals surface area (Å²) in [4.78, 5) is 12.9. The fourth-order valence-electron chi connectivity index (χ4n) is 1.60. The molecule has 2 aromatic carbocycles. The van der Waals surface area contributed by atoms with E-state index >= 15 is 0 Å². The van der Waals surface area contributed by atoms with Crippen molar-refractivity contribution in [1.82, 2.24) is 0 Å². The summed E-state index contributed by atoms with van der Waals surface area (Å²) in [6, 6.07) is 13.4. The number of thiol groups is 2. The van der Waals surface area contributed by atoms with Gasteiger partial charge in [-0.05, 0) is 30.2 Å². The predicted octanol–water partition coefficient (Wildman–Crippen LogP) is 4.13. The molecule has 3 heteroatoms. The fraction of sp³-hybridized carbons (Fsp3) is 0.0714. The van der Waals surface area contributed by atoms with Crippen molar-refractivity contribution in [3.63, 3.8) is 0 Å². The van der Waals surface area contributed by atoms with Gasteiger partial charge in [0.1, 0.15) is 0 Å². The molecule has 17 heavy (non-hydrogen) atoms. The van der Waals surface area contributed by atoms with E-state index in [0.29, 0.717) is 0 Å². The van der Waals surface area contributed by atoms with Crippen molar-refractivity contribution in [1.29, 1.82) is 0 Å². The van der Waals surface area contributed by atoms with Gasteiger partial charge in [-0.25, -0.2) is 0 Å². The maximum Gasteiger partial charge on any atom is 0.159 e. The molecule has 0 unspecified atom stereocenters. The molecular weight excluding hydrogens is 248 g/mol. The van der Waals surface area contributed by atoms with Crippen molar-refractivity contribution in [2.75, 3.05) is 0 Å². The lowest BCUT2D eigenvalue weighted by molar-refractivity contribution is 0.101. The van der Waals surface area contributed by atoms with Gasteiger partial charge in [0.2, 0.25) is 0 Å². The van der Waals surface area contributed by atoms with Crippen LogP contribution in [0.15, 0.2) is 52.3 Å². The van der Waals surface area contributed by atoms with Crippen LogP contribution in [0.25, 0.3) is 11.1 Å². The molecule has 86 valence electrons. The predicted molar refractivity (Wildman–Crippen MR) is 76.4 cm³/mol. The highest BCUT2D eigenvalue weighted by atomic mass is 32.1. The summed E-state index contributed by atoms with van der Waals surface area (Å²) in [5.41, 5.74) is 2.87. The molecule has 0 atom stereocenters. The van der Waals surface area contributed by atoms with E-state index in [4.69, 9.17) is 0 Å². The SMILES string of the molecule is CC(=O)c1ccc(-c2ccc(S)c(S)c2)cc1. The second-order valence-electron chi connectivity index (χ2n) is 3.84. The van der Waals surface area contributed by atoms with Crippen LogP contribution in [0.1, 0.15) is 17.3 Å². The summed E-state index contributed by atoms with van der Waals surface area (Å²) in [5, 5.41) is 0. The van der Waals surface area contributed by atoms with Crippen molar-refractivity contribution in [3.05, 3.63) is 48.0 Å². The van der Waals surface area contributed by atoms with E-state index in [2.05, 4.69) is 25.3 Å². The minimum absolute atomic E-state index is 0.0807. The van der Waals surface area contributed by atoms with Crippen LogP contribution in [-0.4, -0.2) is 5.78 Å². The zero-order valence-electron chi connectivity index (χ0n) is 9.34. The molecule has 0 bridgehead atoms. The summed E-state index contributed by atoms with van der Waals surface area (Å²) in [7, 11) is 0. The van der Waals surface area contributed by atoms with Gasteiger partial charge >= 0.3 is 0 Å². The highest BCUT2D eigenvalue weighted by Gasteiger charge is 2.02. The molecule has 2 rings (SSSR count). The number of rotatable bonds is 2. The van der Waals surface area contributed by atoms with E-state index in [0.717, 1.165) is 26.5 Å². The van der Waals surface area contributed by atoms with E-state index in [9.17, 15) is 4.79 Å². The number of ketones is 1. The Balaban J connectivity index is 2.39. The molecule has 0 aromatic heterocycles. The molecule has 0 spiro atoms. The third-order valence-electron chi connectivity index (χ3n) is 2.60. The Morgan fingerprint density at radius 3 is 2.00 bits per heavy atom. The summed E-state index contributed by atoms with van der Waals surface area (Å²) < 4.78 is 0. The second-order valence-corrected chi connectivity index (χ2v) is 4.80. The number of hydrogen-bond acceptors (Lipinski definition) is 3. The third-order valence-corrected chi connectivity index (χ3v) is 3.54. The standard InChI is InChI=1S/C14H12OS2/c1-9(15)10-2-4-11(5-3-10)12-6-7-13(16)14(17)8-12/h2-8,16-17H,1H3. The summed E-state index contributed by atoms with van der Waals surface area (Å²) >= 11 is 8.62. The fourth-order valence-corrected chi connectivity index (χ4v) is 1.95. The molecule has 0 fully saturated rings. The van der Waals surface area contributed by atoms with Gasteiger partial charge in [0.25, 0.3) is 0 Å².